The Hall–Kier alpha value is -3.53. The zero-order valence-electron chi connectivity index (χ0n) is 13.7. The second kappa shape index (κ2) is 7.57. The molecular formula is C16H16N8O2. The van der Waals surface area contributed by atoms with Gasteiger partial charge in [0.25, 0.3) is 6.35 Å². The summed E-state index contributed by atoms with van der Waals surface area (Å²) in [6.07, 6.45) is -0.564. The Balaban J connectivity index is 1.31. The summed E-state index contributed by atoms with van der Waals surface area (Å²) >= 11 is 0. The van der Waals surface area contributed by atoms with E-state index in [1.165, 1.54) is 4.68 Å². The predicted molar refractivity (Wildman–Crippen MR) is 91.3 cm³/mol. The fraction of sp³-hybridized carbons (Fsp3) is 0.188. The molecule has 0 fully saturated rings. The maximum Gasteiger partial charge on any atom is 0.340 e. The van der Waals surface area contributed by atoms with Crippen molar-refractivity contribution in [3.05, 3.63) is 60.7 Å². The number of para-hydroxylation sites is 2. The zero-order chi connectivity index (χ0) is 17.6. The number of hydrogen-bond donors (Lipinski definition) is 1. The monoisotopic (exact) mass is 352 g/mol. The van der Waals surface area contributed by atoms with Crippen molar-refractivity contribution in [3.8, 4) is 11.7 Å². The highest BCUT2D eigenvalue weighted by Gasteiger charge is 2.23. The Labute approximate surface area is 149 Å². The van der Waals surface area contributed by atoms with Crippen LogP contribution in [-0.4, -0.2) is 39.8 Å². The van der Waals surface area contributed by atoms with E-state index in [1.54, 1.807) is 5.01 Å². The summed E-state index contributed by atoms with van der Waals surface area (Å²) in [7, 11) is 0. The molecule has 0 saturated heterocycles. The van der Waals surface area contributed by atoms with Crippen molar-refractivity contribution in [2.75, 3.05) is 18.2 Å². The van der Waals surface area contributed by atoms with Crippen LogP contribution in [0, 0.1) is 0 Å². The van der Waals surface area contributed by atoms with E-state index in [0.29, 0.717) is 6.01 Å². The van der Waals surface area contributed by atoms with E-state index in [1.807, 2.05) is 60.7 Å². The molecule has 1 aromatic heterocycles. The lowest BCUT2D eigenvalue weighted by Gasteiger charge is -2.22. The lowest BCUT2D eigenvalue weighted by Crippen LogP contribution is -2.39. The van der Waals surface area contributed by atoms with Crippen LogP contribution in [-0.2, 0) is 4.74 Å². The van der Waals surface area contributed by atoms with E-state index >= 15 is 0 Å². The van der Waals surface area contributed by atoms with Crippen LogP contribution in [0.25, 0.3) is 5.69 Å². The Morgan fingerprint density at radius 3 is 2.42 bits per heavy atom. The summed E-state index contributed by atoms with van der Waals surface area (Å²) in [6, 6.07) is 19.5. The van der Waals surface area contributed by atoms with Gasteiger partial charge in [-0.05, 0) is 34.7 Å². The van der Waals surface area contributed by atoms with Crippen molar-refractivity contribution in [3.63, 3.8) is 0 Å². The summed E-state index contributed by atoms with van der Waals surface area (Å²) in [5, 5.41) is 21.0. The van der Waals surface area contributed by atoms with Gasteiger partial charge in [0.15, 0.2) is 0 Å². The first-order chi connectivity index (χ1) is 12.9. The van der Waals surface area contributed by atoms with Crippen molar-refractivity contribution in [2.24, 2.45) is 10.3 Å². The molecular weight excluding hydrogens is 336 g/mol. The number of ether oxygens (including phenoxy) is 2. The summed E-state index contributed by atoms with van der Waals surface area (Å²) in [5.74, 6) is 0. The van der Waals surface area contributed by atoms with Crippen LogP contribution in [0.1, 0.15) is 0 Å². The second-order valence-electron chi connectivity index (χ2n) is 5.28. The highest BCUT2D eigenvalue weighted by molar-refractivity contribution is 5.45. The summed E-state index contributed by atoms with van der Waals surface area (Å²) in [6.45, 7) is 0.554. The van der Waals surface area contributed by atoms with Gasteiger partial charge in [-0.1, -0.05) is 46.7 Å². The lowest BCUT2D eigenvalue weighted by molar-refractivity contribution is 0.0369. The van der Waals surface area contributed by atoms with Crippen LogP contribution in [0.3, 0.4) is 0 Å². The maximum atomic E-state index is 5.71. The molecule has 1 unspecified atom stereocenters. The number of benzene rings is 2. The average molecular weight is 352 g/mol. The molecule has 0 radical (unpaired) electrons. The molecule has 3 aromatic rings. The Morgan fingerprint density at radius 1 is 0.923 bits per heavy atom. The van der Waals surface area contributed by atoms with Crippen molar-refractivity contribution in [2.45, 2.75) is 6.35 Å². The molecule has 0 amide bonds. The van der Waals surface area contributed by atoms with Gasteiger partial charge in [-0.25, -0.2) is 5.01 Å². The van der Waals surface area contributed by atoms with E-state index in [2.05, 4.69) is 31.4 Å². The second-order valence-corrected chi connectivity index (χ2v) is 5.28. The topological polar surface area (TPSA) is 102 Å². The minimum absolute atomic E-state index is 0.266. The van der Waals surface area contributed by atoms with Gasteiger partial charge in [0.2, 0.25) is 0 Å². The summed E-state index contributed by atoms with van der Waals surface area (Å²) in [4.78, 5) is 0. The fourth-order valence-electron chi connectivity index (χ4n) is 2.39. The third kappa shape index (κ3) is 3.44. The normalized spacial score (nSPS) is 15.8. The molecule has 132 valence electrons. The van der Waals surface area contributed by atoms with Gasteiger partial charge in [-0.2, -0.15) is 10.2 Å². The average Bonchev–Trinajstić information content (AvgIpc) is 3.36. The van der Waals surface area contributed by atoms with Crippen molar-refractivity contribution in [1.29, 1.82) is 0 Å². The molecule has 2 aromatic carbocycles. The molecule has 0 spiro atoms. The van der Waals surface area contributed by atoms with E-state index < -0.39 is 6.35 Å². The molecule has 1 N–H and O–H groups in total. The number of hydrazine groups is 1. The highest BCUT2D eigenvalue weighted by atomic mass is 16.6. The third-order valence-electron chi connectivity index (χ3n) is 3.59. The quantitative estimate of drug-likeness (QED) is 0.646. The predicted octanol–water partition coefficient (Wildman–Crippen LogP) is 1.73. The molecule has 1 atom stereocenters. The number of nitrogens with zero attached hydrogens (tertiary/aromatic N) is 7. The van der Waals surface area contributed by atoms with Gasteiger partial charge in [0.1, 0.15) is 6.61 Å². The first kappa shape index (κ1) is 16.0. The van der Waals surface area contributed by atoms with E-state index in [-0.39, 0.29) is 13.2 Å². The number of aromatic nitrogens is 4. The van der Waals surface area contributed by atoms with Crippen LogP contribution >= 0.6 is 0 Å². The minimum Gasteiger partial charge on any atom is -0.460 e. The molecule has 10 heteroatoms. The number of nitrogens with one attached hydrogen (secondary N) is 1. The van der Waals surface area contributed by atoms with E-state index in [4.69, 9.17) is 9.47 Å². The van der Waals surface area contributed by atoms with Gasteiger partial charge in [0, 0.05) is 0 Å². The highest BCUT2D eigenvalue weighted by Crippen LogP contribution is 2.19. The third-order valence-corrected chi connectivity index (χ3v) is 3.59. The first-order valence-electron chi connectivity index (χ1n) is 8.00. The molecule has 10 nitrogen and oxygen atoms in total. The zero-order valence-corrected chi connectivity index (χ0v) is 13.7. The van der Waals surface area contributed by atoms with Crippen LogP contribution in [0.15, 0.2) is 71.0 Å². The van der Waals surface area contributed by atoms with Gasteiger partial charge in [0.05, 0.1) is 18.0 Å². The van der Waals surface area contributed by atoms with E-state index in [0.717, 1.165) is 11.4 Å². The number of hydrogen-bond acceptors (Lipinski definition) is 9. The van der Waals surface area contributed by atoms with Crippen LogP contribution in [0.4, 0.5) is 5.69 Å². The number of tetrazole rings is 1. The van der Waals surface area contributed by atoms with Gasteiger partial charge >= 0.3 is 6.01 Å². The first-order valence-corrected chi connectivity index (χ1v) is 8.00. The lowest BCUT2D eigenvalue weighted by atomic mass is 10.3. The Bertz CT molecular complexity index is 855. The van der Waals surface area contributed by atoms with Crippen LogP contribution in [0.5, 0.6) is 6.01 Å². The molecule has 0 bridgehead atoms. The SMILES string of the molecule is c1ccc(N2NN=NC2OCCOc2nnnn2-c2ccccc2)cc1. The maximum absolute atomic E-state index is 5.71. The Morgan fingerprint density at radius 2 is 1.65 bits per heavy atom. The molecule has 0 saturated carbocycles. The molecule has 26 heavy (non-hydrogen) atoms. The van der Waals surface area contributed by atoms with Crippen LogP contribution < -0.4 is 15.3 Å². The number of rotatable bonds is 7. The molecule has 1 aliphatic rings. The molecule has 1 aliphatic heterocycles. The van der Waals surface area contributed by atoms with Crippen molar-refractivity contribution >= 4 is 5.69 Å². The standard InChI is InChI=1S/C16H16N8O2/c1-3-7-13(8-4-1)23-15(17-19-21-23)25-11-12-26-16-18-20-22-24(16)14-9-5-2-6-10-14/h1-10,15H,11-12H2,(H,17,21). The summed E-state index contributed by atoms with van der Waals surface area (Å²) < 4.78 is 12.9. The van der Waals surface area contributed by atoms with E-state index in [9.17, 15) is 0 Å². The summed E-state index contributed by atoms with van der Waals surface area (Å²) in [5.41, 5.74) is 4.51. The van der Waals surface area contributed by atoms with Crippen molar-refractivity contribution in [1.82, 2.24) is 25.7 Å². The van der Waals surface area contributed by atoms with Crippen LogP contribution in [0.2, 0.25) is 0 Å². The van der Waals surface area contributed by atoms with Gasteiger partial charge < -0.3 is 9.47 Å². The van der Waals surface area contributed by atoms with Gasteiger partial charge in [-0.3, -0.25) is 0 Å². The van der Waals surface area contributed by atoms with Crippen molar-refractivity contribution < 1.29 is 9.47 Å². The minimum atomic E-state index is -0.564. The van der Waals surface area contributed by atoms with Gasteiger partial charge in [-0.15, -0.1) is 5.11 Å². The smallest absolute Gasteiger partial charge is 0.340 e. The molecule has 2 heterocycles. The number of anilines is 1. The Kier molecular flexibility index (Phi) is 4.65. The molecule has 4 rings (SSSR count). The largest absolute Gasteiger partial charge is 0.460 e. The fourth-order valence-corrected chi connectivity index (χ4v) is 2.39. The molecule has 0 aliphatic carbocycles.